The lowest BCUT2D eigenvalue weighted by atomic mass is 10.5. The molecule has 0 aliphatic heterocycles. The molecule has 0 fully saturated rings. The van der Waals surface area contributed by atoms with Gasteiger partial charge in [-0.15, -0.1) is 22.9 Å². The summed E-state index contributed by atoms with van der Waals surface area (Å²) >= 11 is 6.69. The molecule has 1 aromatic heterocycles. The summed E-state index contributed by atoms with van der Waals surface area (Å²) in [5.41, 5.74) is 0. The standard InChI is InChI=1S/C6H8ClNO2S2/c7-5-12(9,10)8-4-6-2-1-3-11-6/h1-3,8H,4-5H2. The van der Waals surface area contributed by atoms with E-state index in [-0.39, 0.29) is 0 Å². The van der Waals surface area contributed by atoms with Crippen molar-refractivity contribution in [3.63, 3.8) is 0 Å². The van der Waals surface area contributed by atoms with Gasteiger partial charge < -0.3 is 0 Å². The van der Waals surface area contributed by atoms with E-state index < -0.39 is 15.2 Å². The van der Waals surface area contributed by atoms with E-state index in [2.05, 4.69) is 4.72 Å². The normalized spacial score (nSPS) is 11.8. The predicted octanol–water partition coefficient (Wildman–Crippen LogP) is 1.36. The summed E-state index contributed by atoms with van der Waals surface area (Å²) in [7, 11) is -3.27. The molecule has 0 amide bonds. The molecule has 68 valence electrons. The Morgan fingerprint density at radius 3 is 2.83 bits per heavy atom. The minimum Gasteiger partial charge on any atom is -0.211 e. The Balaban J connectivity index is 2.47. The van der Waals surface area contributed by atoms with Gasteiger partial charge in [0.1, 0.15) is 5.21 Å². The van der Waals surface area contributed by atoms with Gasteiger partial charge in [-0.05, 0) is 11.4 Å². The fraction of sp³-hybridized carbons (Fsp3) is 0.333. The van der Waals surface area contributed by atoms with Crippen LogP contribution in [-0.2, 0) is 16.6 Å². The highest BCUT2D eigenvalue weighted by atomic mass is 35.5. The highest BCUT2D eigenvalue weighted by molar-refractivity contribution is 7.90. The van der Waals surface area contributed by atoms with E-state index >= 15 is 0 Å². The molecule has 0 radical (unpaired) electrons. The number of thiophene rings is 1. The molecule has 12 heavy (non-hydrogen) atoms. The molecular weight excluding hydrogens is 218 g/mol. The van der Waals surface area contributed by atoms with Crippen LogP contribution in [0.15, 0.2) is 17.5 Å². The second-order valence-electron chi connectivity index (χ2n) is 2.12. The van der Waals surface area contributed by atoms with Gasteiger partial charge in [0.05, 0.1) is 0 Å². The van der Waals surface area contributed by atoms with Crippen molar-refractivity contribution in [1.29, 1.82) is 0 Å². The van der Waals surface area contributed by atoms with Gasteiger partial charge in [-0.1, -0.05) is 6.07 Å². The third-order valence-corrected chi connectivity index (χ3v) is 3.80. The van der Waals surface area contributed by atoms with Crippen LogP contribution in [0.1, 0.15) is 4.88 Å². The fourth-order valence-corrected chi connectivity index (χ4v) is 2.05. The van der Waals surface area contributed by atoms with Gasteiger partial charge in [-0.3, -0.25) is 0 Å². The van der Waals surface area contributed by atoms with E-state index in [4.69, 9.17) is 11.6 Å². The Bertz CT molecular complexity index is 319. The van der Waals surface area contributed by atoms with Crippen LogP contribution in [-0.4, -0.2) is 13.6 Å². The van der Waals surface area contributed by atoms with Crippen LogP contribution in [0, 0.1) is 0 Å². The average Bonchev–Trinajstić information content (AvgIpc) is 2.53. The van der Waals surface area contributed by atoms with Crippen LogP contribution < -0.4 is 4.72 Å². The topological polar surface area (TPSA) is 46.2 Å². The molecule has 6 heteroatoms. The number of sulfonamides is 1. The van der Waals surface area contributed by atoms with Crippen molar-refractivity contribution in [2.24, 2.45) is 0 Å². The second kappa shape index (κ2) is 4.23. The fourth-order valence-electron chi connectivity index (χ4n) is 0.633. The van der Waals surface area contributed by atoms with E-state index in [0.717, 1.165) is 4.88 Å². The van der Waals surface area contributed by atoms with Gasteiger partial charge in [-0.2, -0.15) is 0 Å². The van der Waals surface area contributed by atoms with E-state index in [9.17, 15) is 8.42 Å². The van der Waals surface area contributed by atoms with E-state index in [1.807, 2.05) is 17.5 Å². The van der Waals surface area contributed by atoms with E-state index in [1.54, 1.807) is 0 Å². The largest absolute Gasteiger partial charge is 0.225 e. The molecule has 0 spiro atoms. The SMILES string of the molecule is O=S(=O)(CCl)NCc1cccs1. The third kappa shape index (κ3) is 3.10. The summed E-state index contributed by atoms with van der Waals surface area (Å²) in [5.74, 6) is 0. The molecule has 0 aliphatic rings. The number of hydrogen-bond donors (Lipinski definition) is 1. The van der Waals surface area contributed by atoms with Gasteiger partial charge in [-0.25, -0.2) is 13.1 Å². The Kier molecular flexibility index (Phi) is 3.52. The number of alkyl halides is 1. The zero-order valence-corrected chi connectivity index (χ0v) is 8.55. The summed E-state index contributed by atoms with van der Waals surface area (Å²) in [4.78, 5) is 0.976. The molecule has 1 aromatic rings. The molecule has 0 atom stereocenters. The van der Waals surface area contributed by atoms with Crippen LogP contribution in [0.4, 0.5) is 0 Å². The Hall–Kier alpha value is -0.100. The van der Waals surface area contributed by atoms with Gasteiger partial charge in [0.15, 0.2) is 0 Å². The van der Waals surface area contributed by atoms with Crippen molar-refractivity contribution >= 4 is 33.0 Å². The maximum Gasteiger partial charge on any atom is 0.225 e. The van der Waals surface area contributed by atoms with Crippen LogP contribution in [0.3, 0.4) is 0 Å². The van der Waals surface area contributed by atoms with Crippen molar-refractivity contribution in [1.82, 2.24) is 4.72 Å². The highest BCUT2D eigenvalue weighted by Gasteiger charge is 2.06. The monoisotopic (exact) mass is 225 g/mol. The molecule has 0 saturated heterocycles. The molecule has 3 nitrogen and oxygen atoms in total. The highest BCUT2D eigenvalue weighted by Crippen LogP contribution is 2.07. The molecule has 0 unspecified atom stereocenters. The Morgan fingerprint density at radius 2 is 2.33 bits per heavy atom. The number of hydrogen-bond acceptors (Lipinski definition) is 3. The number of rotatable bonds is 4. The first-order chi connectivity index (χ1) is 5.64. The van der Waals surface area contributed by atoms with Gasteiger partial charge in [0.2, 0.25) is 10.0 Å². The van der Waals surface area contributed by atoms with Crippen LogP contribution in [0.2, 0.25) is 0 Å². The Morgan fingerprint density at radius 1 is 1.58 bits per heavy atom. The first kappa shape index (κ1) is 9.98. The summed E-state index contributed by atoms with van der Waals surface area (Å²) < 4.78 is 24.1. The molecule has 1 heterocycles. The minimum absolute atomic E-state index is 0.326. The van der Waals surface area contributed by atoms with Crippen LogP contribution >= 0.6 is 22.9 Å². The zero-order valence-electron chi connectivity index (χ0n) is 6.16. The summed E-state index contributed by atoms with van der Waals surface area (Å²) in [5, 5.41) is 1.50. The smallest absolute Gasteiger partial charge is 0.211 e. The summed E-state index contributed by atoms with van der Waals surface area (Å²) in [6, 6.07) is 3.73. The summed E-state index contributed by atoms with van der Waals surface area (Å²) in [6.45, 7) is 0.326. The maximum absolute atomic E-state index is 10.9. The van der Waals surface area contributed by atoms with Crippen LogP contribution in [0.25, 0.3) is 0 Å². The minimum atomic E-state index is -3.27. The maximum atomic E-state index is 10.9. The van der Waals surface area contributed by atoms with Gasteiger partial charge in [0, 0.05) is 11.4 Å². The number of halogens is 1. The second-order valence-corrected chi connectivity index (χ2v) is 5.55. The molecule has 0 aliphatic carbocycles. The van der Waals surface area contributed by atoms with Crippen molar-refractivity contribution in [2.75, 3.05) is 5.21 Å². The summed E-state index contributed by atoms with van der Waals surface area (Å²) in [6.07, 6.45) is 0. The molecule has 0 saturated carbocycles. The van der Waals surface area contributed by atoms with E-state index in [1.165, 1.54) is 11.3 Å². The molecule has 1 rings (SSSR count). The molecule has 1 N–H and O–H groups in total. The lowest BCUT2D eigenvalue weighted by Crippen LogP contribution is -2.23. The quantitative estimate of drug-likeness (QED) is 0.787. The predicted molar refractivity (Wildman–Crippen MR) is 50.8 cm³/mol. The number of nitrogens with one attached hydrogen (secondary N) is 1. The molecule has 0 bridgehead atoms. The zero-order chi connectivity index (χ0) is 9.03. The van der Waals surface area contributed by atoms with Gasteiger partial charge in [0.25, 0.3) is 0 Å². The molecular formula is C6H8ClNO2S2. The average molecular weight is 226 g/mol. The molecule has 0 aromatic carbocycles. The lowest BCUT2D eigenvalue weighted by Gasteiger charge is -1.99. The third-order valence-electron chi connectivity index (χ3n) is 1.19. The Labute approximate surface area is 80.4 Å². The van der Waals surface area contributed by atoms with Crippen molar-refractivity contribution in [3.8, 4) is 0 Å². The van der Waals surface area contributed by atoms with Gasteiger partial charge >= 0.3 is 0 Å². The van der Waals surface area contributed by atoms with Crippen molar-refractivity contribution in [3.05, 3.63) is 22.4 Å². The van der Waals surface area contributed by atoms with Crippen molar-refractivity contribution < 1.29 is 8.42 Å². The lowest BCUT2D eigenvalue weighted by molar-refractivity contribution is 0.586. The first-order valence-corrected chi connectivity index (χ1v) is 6.26. The first-order valence-electron chi connectivity index (χ1n) is 3.20. The van der Waals surface area contributed by atoms with Crippen molar-refractivity contribution in [2.45, 2.75) is 6.54 Å². The van der Waals surface area contributed by atoms with E-state index in [0.29, 0.717) is 6.54 Å². The van der Waals surface area contributed by atoms with Crippen LogP contribution in [0.5, 0.6) is 0 Å².